The second-order valence-corrected chi connectivity index (χ2v) is 8.84. The number of hydrogen-bond donors (Lipinski definition) is 1. The smallest absolute Gasteiger partial charge is 0.314 e. The van der Waals surface area contributed by atoms with Gasteiger partial charge in [0.25, 0.3) is 0 Å². The first kappa shape index (κ1) is 19.2. The van der Waals surface area contributed by atoms with Crippen molar-refractivity contribution in [3.05, 3.63) is 47.1 Å². The molecule has 2 unspecified atom stereocenters. The Morgan fingerprint density at radius 3 is 2.85 bits per heavy atom. The molecule has 1 aromatic rings. The van der Waals surface area contributed by atoms with Gasteiger partial charge in [-0.15, -0.1) is 8.58 Å². The molecule has 26 heavy (non-hydrogen) atoms. The molecule has 3 rings (SSSR count). The summed E-state index contributed by atoms with van der Waals surface area (Å²) in [6.45, 7) is 9.26. The highest BCUT2D eigenvalue weighted by molar-refractivity contribution is 7.40. The molecule has 0 amide bonds. The van der Waals surface area contributed by atoms with Crippen molar-refractivity contribution in [2.24, 2.45) is 5.92 Å². The van der Waals surface area contributed by atoms with Crippen LogP contribution >= 0.6 is 8.58 Å². The minimum absolute atomic E-state index is 0.410. The van der Waals surface area contributed by atoms with Crippen molar-refractivity contribution < 1.29 is 14.6 Å². The van der Waals surface area contributed by atoms with Gasteiger partial charge in [-0.2, -0.15) is 0 Å². The molecule has 1 heterocycles. The van der Waals surface area contributed by atoms with Crippen LogP contribution in [-0.4, -0.2) is 29.5 Å². The van der Waals surface area contributed by atoms with Crippen LogP contribution in [0.4, 0.5) is 0 Å². The van der Waals surface area contributed by atoms with Crippen LogP contribution in [-0.2, 0) is 11.2 Å². The first-order valence-electron chi connectivity index (χ1n) is 9.65. The van der Waals surface area contributed by atoms with E-state index in [1.165, 1.54) is 18.4 Å². The van der Waals surface area contributed by atoms with Crippen LogP contribution in [0.25, 0.3) is 5.57 Å². The lowest BCUT2D eigenvalue weighted by Crippen LogP contribution is -2.19. The van der Waals surface area contributed by atoms with Crippen LogP contribution in [0.5, 0.6) is 5.75 Å². The fourth-order valence-electron chi connectivity index (χ4n) is 3.68. The van der Waals surface area contributed by atoms with Gasteiger partial charge in [0.05, 0.1) is 12.3 Å². The molecule has 1 fully saturated rings. The maximum absolute atomic E-state index is 11.9. The van der Waals surface area contributed by atoms with Gasteiger partial charge >= 0.3 is 5.97 Å². The Bertz CT molecular complexity index is 731. The van der Waals surface area contributed by atoms with Crippen molar-refractivity contribution >= 4 is 20.1 Å². The van der Waals surface area contributed by atoms with Crippen LogP contribution in [0.1, 0.15) is 50.7 Å². The predicted molar refractivity (Wildman–Crippen MR) is 110 cm³/mol. The monoisotopic (exact) mass is 372 g/mol. The summed E-state index contributed by atoms with van der Waals surface area (Å²) in [7, 11) is 0.412. The highest BCUT2D eigenvalue weighted by atomic mass is 31.1. The van der Waals surface area contributed by atoms with Gasteiger partial charge in [0.15, 0.2) is 0 Å². The van der Waals surface area contributed by atoms with E-state index < -0.39 is 11.6 Å². The molecule has 140 valence electrons. The van der Waals surface area contributed by atoms with E-state index in [4.69, 9.17) is 4.74 Å². The number of rotatable bonds is 8. The lowest BCUT2D eigenvalue weighted by Gasteiger charge is -2.23. The topological polar surface area (TPSA) is 46.5 Å². The number of aliphatic carboxylic acids is 1. The van der Waals surface area contributed by atoms with Gasteiger partial charge < -0.3 is 9.84 Å². The third-order valence-electron chi connectivity index (χ3n) is 5.26. The second-order valence-electron chi connectivity index (χ2n) is 7.36. The molecule has 0 bridgehead atoms. The molecular weight excluding hydrogens is 343 g/mol. The zero-order valence-corrected chi connectivity index (χ0v) is 16.8. The average Bonchev–Trinajstić information content (AvgIpc) is 3.47. The SMILES string of the molecule is C=C(/C(=C(\C)C(PCCC)C(=O)O)c1ccc2c(c1)CCCO2)C1CC1. The van der Waals surface area contributed by atoms with Gasteiger partial charge in [-0.1, -0.05) is 26.0 Å². The summed E-state index contributed by atoms with van der Waals surface area (Å²) in [6.07, 6.45) is 6.36. The van der Waals surface area contributed by atoms with Crippen LogP contribution in [0.15, 0.2) is 35.9 Å². The fourth-order valence-corrected chi connectivity index (χ4v) is 4.88. The van der Waals surface area contributed by atoms with Crippen molar-refractivity contribution in [3.63, 3.8) is 0 Å². The maximum Gasteiger partial charge on any atom is 0.314 e. The minimum Gasteiger partial charge on any atom is -0.493 e. The minimum atomic E-state index is -0.711. The summed E-state index contributed by atoms with van der Waals surface area (Å²) >= 11 is 0. The van der Waals surface area contributed by atoms with Gasteiger partial charge in [-0.25, -0.2) is 0 Å². The Labute approximate surface area is 158 Å². The van der Waals surface area contributed by atoms with E-state index in [1.54, 1.807) is 0 Å². The van der Waals surface area contributed by atoms with Crippen molar-refractivity contribution in [2.75, 3.05) is 12.8 Å². The van der Waals surface area contributed by atoms with Gasteiger partial charge in [0.1, 0.15) is 5.75 Å². The van der Waals surface area contributed by atoms with Crippen LogP contribution in [0, 0.1) is 5.92 Å². The maximum atomic E-state index is 11.9. The molecule has 1 saturated carbocycles. The number of benzene rings is 1. The van der Waals surface area contributed by atoms with E-state index in [1.807, 2.05) is 13.0 Å². The van der Waals surface area contributed by atoms with Gasteiger partial charge in [-0.05, 0) is 84.7 Å². The number of ether oxygens (including phenoxy) is 1. The third-order valence-corrected chi connectivity index (χ3v) is 7.14. The number of hydrogen-bond acceptors (Lipinski definition) is 2. The zero-order valence-electron chi connectivity index (χ0n) is 15.8. The molecule has 0 saturated heterocycles. The Hall–Kier alpha value is -1.60. The second kappa shape index (κ2) is 8.39. The highest BCUT2D eigenvalue weighted by Gasteiger charge is 2.31. The first-order valence-corrected chi connectivity index (χ1v) is 10.9. The fraction of sp³-hybridized carbons (Fsp3) is 0.500. The van der Waals surface area contributed by atoms with E-state index >= 15 is 0 Å². The van der Waals surface area contributed by atoms with Crippen molar-refractivity contribution in [3.8, 4) is 5.75 Å². The molecule has 4 heteroatoms. The molecule has 2 aliphatic rings. The Balaban J connectivity index is 2.04. The number of carboxylic acid groups (broad SMARTS) is 1. The zero-order chi connectivity index (χ0) is 18.7. The lowest BCUT2D eigenvalue weighted by atomic mass is 9.88. The Morgan fingerprint density at radius 1 is 1.42 bits per heavy atom. The summed E-state index contributed by atoms with van der Waals surface area (Å²) in [6, 6.07) is 6.32. The van der Waals surface area contributed by atoms with Crippen molar-refractivity contribution in [1.82, 2.24) is 0 Å². The summed E-state index contributed by atoms with van der Waals surface area (Å²) in [5.74, 6) is 0.768. The summed E-state index contributed by atoms with van der Waals surface area (Å²) in [5.41, 5.74) is 5.09. The number of allylic oxidation sites excluding steroid dienone is 2. The molecule has 1 aliphatic heterocycles. The van der Waals surface area contributed by atoms with Crippen molar-refractivity contribution in [1.29, 1.82) is 0 Å². The molecule has 2 atom stereocenters. The van der Waals surface area contributed by atoms with E-state index in [9.17, 15) is 9.90 Å². The normalized spacial score (nSPS) is 18.8. The van der Waals surface area contributed by atoms with Crippen LogP contribution < -0.4 is 4.74 Å². The Kier molecular flexibility index (Phi) is 6.19. The summed E-state index contributed by atoms with van der Waals surface area (Å²) in [4.78, 5) is 11.9. The summed E-state index contributed by atoms with van der Waals surface area (Å²) in [5, 5.41) is 9.82. The highest BCUT2D eigenvalue weighted by Crippen LogP contribution is 2.45. The third kappa shape index (κ3) is 4.20. The molecule has 1 aliphatic carbocycles. The standard InChI is InChI=1S/C22H29O3P/c1-4-12-26-21(22(23)24)15(3)20(14(2)16-7-8-16)18-9-10-19-17(13-18)6-5-11-25-19/h9-10,13,16,21,26H,2,4-8,11-12H2,1,3H3,(H,23,24)/b20-15-. The van der Waals surface area contributed by atoms with Crippen molar-refractivity contribution in [2.45, 2.75) is 51.6 Å². The first-order chi connectivity index (χ1) is 12.5. The van der Waals surface area contributed by atoms with Crippen LogP contribution in [0.3, 0.4) is 0 Å². The van der Waals surface area contributed by atoms with E-state index in [-0.39, 0.29) is 0 Å². The van der Waals surface area contributed by atoms with E-state index in [0.717, 1.165) is 60.1 Å². The molecule has 1 N–H and O–H groups in total. The quantitative estimate of drug-likeness (QED) is 0.498. The summed E-state index contributed by atoms with van der Waals surface area (Å²) < 4.78 is 5.75. The van der Waals surface area contributed by atoms with Gasteiger partial charge in [0, 0.05) is 0 Å². The lowest BCUT2D eigenvalue weighted by molar-refractivity contribution is -0.135. The average molecular weight is 372 g/mol. The number of aryl methyl sites for hydroxylation is 1. The van der Waals surface area contributed by atoms with Crippen LogP contribution in [0.2, 0.25) is 0 Å². The number of carbonyl (C=O) groups is 1. The molecule has 1 aromatic carbocycles. The van der Waals surface area contributed by atoms with E-state index in [0.29, 0.717) is 14.5 Å². The Morgan fingerprint density at radius 2 is 2.19 bits per heavy atom. The number of fused-ring (bicyclic) bond motifs is 1. The number of carboxylic acids is 1. The predicted octanol–water partition coefficient (Wildman–Crippen LogP) is 5.29. The van der Waals surface area contributed by atoms with E-state index in [2.05, 4.69) is 25.6 Å². The van der Waals surface area contributed by atoms with Gasteiger partial charge in [-0.3, -0.25) is 4.79 Å². The molecule has 0 aromatic heterocycles. The molecule has 0 radical (unpaired) electrons. The molecular formula is C22H29O3P. The van der Waals surface area contributed by atoms with Gasteiger partial charge in [0.2, 0.25) is 0 Å². The largest absolute Gasteiger partial charge is 0.493 e. The molecule has 3 nitrogen and oxygen atoms in total. The molecule has 0 spiro atoms.